The van der Waals surface area contributed by atoms with Crippen LogP contribution in [0.25, 0.3) is 0 Å². The molecule has 1 amide bonds. The van der Waals surface area contributed by atoms with Crippen molar-refractivity contribution in [1.82, 2.24) is 9.88 Å². The fourth-order valence-corrected chi connectivity index (χ4v) is 4.39. The Morgan fingerprint density at radius 3 is 2.62 bits per heavy atom. The molecule has 3 rings (SSSR count). The van der Waals surface area contributed by atoms with Crippen LogP contribution in [0, 0.1) is 5.41 Å². The lowest BCUT2D eigenvalue weighted by Crippen LogP contribution is -2.64. The number of carbonyl (C=O) groups is 2. The highest BCUT2D eigenvalue weighted by Gasteiger charge is 2.58. The molecule has 0 bridgehead atoms. The van der Waals surface area contributed by atoms with E-state index in [-0.39, 0.29) is 29.2 Å². The number of pyridine rings is 1. The van der Waals surface area contributed by atoms with Gasteiger partial charge < -0.3 is 14.7 Å². The number of aromatic nitrogens is 1. The molecule has 1 aromatic heterocycles. The maximum Gasteiger partial charge on any atom is 0.354 e. The van der Waals surface area contributed by atoms with Crippen LogP contribution < -0.4 is 0 Å². The molecule has 0 radical (unpaired) electrons. The lowest BCUT2D eigenvalue weighted by Gasteiger charge is -2.57. The van der Waals surface area contributed by atoms with E-state index in [0.29, 0.717) is 12.2 Å². The van der Waals surface area contributed by atoms with E-state index < -0.39 is 5.97 Å². The minimum absolute atomic E-state index is 0.0541. The number of carboxylic acid groups (broad SMARTS) is 1. The van der Waals surface area contributed by atoms with Gasteiger partial charge in [0.2, 0.25) is 0 Å². The summed E-state index contributed by atoms with van der Waals surface area (Å²) in [6.07, 6.45) is 7.07. The third-order valence-electron chi connectivity index (χ3n) is 5.66. The summed E-state index contributed by atoms with van der Waals surface area (Å²) in [7, 11) is 1.83. The van der Waals surface area contributed by atoms with Gasteiger partial charge in [-0.3, -0.25) is 4.79 Å². The summed E-state index contributed by atoms with van der Waals surface area (Å²) >= 11 is 0. The van der Waals surface area contributed by atoms with Crippen molar-refractivity contribution in [3.05, 3.63) is 29.6 Å². The van der Waals surface area contributed by atoms with Crippen LogP contribution in [0.5, 0.6) is 0 Å². The largest absolute Gasteiger partial charge is 0.477 e. The first-order valence-corrected chi connectivity index (χ1v) is 8.57. The Morgan fingerprint density at radius 2 is 2.08 bits per heavy atom. The second kappa shape index (κ2) is 6.51. The van der Waals surface area contributed by atoms with Crippen molar-refractivity contribution < 1.29 is 19.4 Å². The second-order valence-electron chi connectivity index (χ2n) is 6.79. The number of ether oxygens (including phenoxy) is 1. The molecule has 0 saturated heterocycles. The van der Waals surface area contributed by atoms with Crippen molar-refractivity contribution >= 4 is 11.9 Å². The Kier molecular flexibility index (Phi) is 4.58. The summed E-state index contributed by atoms with van der Waals surface area (Å²) in [6, 6.07) is 3.09. The summed E-state index contributed by atoms with van der Waals surface area (Å²) in [5, 5.41) is 8.91. The van der Waals surface area contributed by atoms with Gasteiger partial charge in [-0.25, -0.2) is 9.78 Å². The van der Waals surface area contributed by atoms with Gasteiger partial charge in [0.05, 0.1) is 11.7 Å². The van der Waals surface area contributed by atoms with Gasteiger partial charge in [0.15, 0.2) is 0 Å². The van der Waals surface area contributed by atoms with E-state index in [4.69, 9.17) is 9.84 Å². The summed E-state index contributed by atoms with van der Waals surface area (Å²) in [5.41, 5.74) is 0.464. The van der Waals surface area contributed by atoms with E-state index in [1.165, 1.54) is 31.2 Å². The quantitative estimate of drug-likeness (QED) is 0.896. The molecule has 2 aliphatic rings. The number of hydrogen-bond acceptors (Lipinski definition) is 4. The van der Waals surface area contributed by atoms with Gasteiger partial charge in [0.25, 0.3) is 5.91 Å². The minimum atomic E-state index is -1.09. The number of nitrogens with zero attached hydrogens (tertiary/aromatic N) is 2. The highest BCUT2D eigenvalue weighted by Crippen LogP contribution is 2.56. The fourth-order valence-electron chi connectivity index (χ4n) is 4.39. The van der Waals surface area contributed by atoms with Crippen molar-refractivity contribution in [2.45, 2.75) is 51.2 Å². The highest BCUT2D eigenvalue weighted by atomic mass is 16.5. The van der Waals surface area contributed by atoms with E-state index in [9.17, 15) is 9.59 Å². The van der Waals surface area contributed by atoms with Crippen LogP contribution in [0.4, 0.5) is 0 Å². The summed E-state index contributed by atoms with van der Waals surface area (Å²) in [4.78, 5) is 29.3. The zero-order valence-electron chi connectivity index (χ0n) is 14.2. The Hall–Kier alpha value is -1.95. The third-order valence-corrected chi connectivity index (χ3v) is 5.66. The van der Waals surface area contributed by atoms with Gasteiger partial charge in [-0.05, 0) is 38.3 Å². The van der Waals surface area contributed by atoms with Gasteiger partial charge in [0, 0.05) is 31.3 Å². The van der Waals surface area contributed by atoms with Gasteiger partial charge >= 0.3 is 5.97 Å². The van der Waals surface area contributed by atoms with Crippen LogP contribution in [0.1, 0.15) is 59.9 Å². The normalized spacial score (nSPS) is 24.6. The fraction of sp³-hybridized carbons (Fsp3) is 0.611. The van der Waals surface area contributed by atoms with Gasteiger partial charge in [0.1, 0.15) is 5.69 Å². The van der Waals surface area contributed by atoms with E-state index in [1.54, 1.807) is 4.90 Å². The zero-order valence-corrected chi connectivity index (χ0v) is 14.2. The molecule has 2 unspecified atom stereocenters. The van der Waals surface area contributed by atoms with Gasteiger partial charge in [-0.15, -0.1) is 0 Å². The predicted molar refractivity (Wildman–Crippen MR) is 88.0 cm³/mol. The van der Waals surface area contributed by atoms with Crippen LogP contribution in [0.15, 0.2) is 18.3 Å². The monoisotopic (exact) mass is 332 g/mol. The summed E-state index contributed by atoms with van der Waals surface area (Å²) < 4.78 is 5.91. The van der Waals surface area contributed by atoms with Crippen molar-refractivity contribution in [3.8, 4) is 0 Å². The molecule has 130 valence electrons. The molecule has 2 fully saturated rings. The molecule has 1 heterocycles. The molecule has 1 N–H and O–H groups in total. The molecule has 24 heavy (non-hydrogen) atoms. The SMILES string of the molecule is CCOC1CC(N(C)C(=O)c2ccc(C(=O)O)nc2)C12CCCC2. The lowest BCUT2D eigenvalue weighted by molar-refractivity contribution is -0.152. The second-order valence-corrected chi connectivity index (χ2v) is 6.79. The minimum Gasteiger partial charge on any atom is -0.477 e. The number of amides is 1. The Labute approximate surface area is 141 Å². The first kappa shape index (κ1) is 16.9. The van der Waals surface area contributed by atoms with Crippen molar-refractivity contribution in [2.75, 3.05) is 13.7 Å². The van der Waals surface area contributed by atoms with Crippen LogP contribution in [-0.4, -0.2) is 52.7 Å². The maximum absolute atomic E-state index is 12.8. The molecule has 1 aromatic rings. The average Bonchev–Trinajstić information content (AvgIpc) is 3.10. The highest BCUT2D eigenvalue weighted by molar-refractivity contribution is 5.95. The predicted octanol–water partition coefficient (Wildman–Crippen LogP) is 2.59. The molecule has 2 aliphatic carbocycles. The molecule has 6 nitrogen and oxygen atoms in total. The molecule has 2 atom stereocenters. The van der Waals surface area contributed by atoms with Crippen molar-refractivity contribution in [2.24, 2.45) is 5.41 Å². The molecule has 2 saturated carbocycles. The van der Waals surface area contributed by atoms with Gasteiger partial charge in [-0.1, -0.05) is 12.8 Å². The van der Waals surface area contributed by atoms with E-state index >= 15 is 0 Å². The zero-order chi connectivity index (χ0) is 17.3. The molecule has 0 aliphatic heterocycles. The van der Waals surface area contributed by atoms with Crippen LogP contribution >= 0.6 is 0 Å². The number of hydrogen-bond donors (Lipinski definition) is 1. The summed E-state index contributed by atoms with van der Waals surface area (Å²) in [6.45, 7) is 2.72. The Morgan fingerprint density at radius 1 is 1.38 bits per heavy atom. The molecule has 0 aromatic carbocycles. The molecular formula is C18H24N2O4. The third kappa shape index (κ3) is 2.69. The van der Waals surface area contributed by atoms with Gasteiger partial charge in [-0.2, -0.15) is 0 Å². The molecular weight excluding hydrogens is 308 g/mol. The van der Waals surface area contributed by atoms with E-state index in [0.717, 1.165) is 19.3 Å². The first-order valence-electron chi connectivity index (χ1n) is 8.57. The maximum atomic E-state index is 12.8. The van der Waals surface area contributed by atoms with Crippen LogP contribution in [0.2, 0.25) is 0 Å². The number of carbonyl (C=O) groups excluding carboxylic acids is 1. The van der Waals surface area contributed by atoms with Crippen LogP contribution in [-0.2, 0) is 4.74 Å². The van der Waals surface area contributed by atoms with Crippen molar-refractivity contribution in [3.63, 3.8) is 0 Å². The number of carboxylic acids is 1. The molecule has 1 spiro atoms. The number of rotatable bonds is 5. The average molecular weight is 332 g/mol. The number of aromatic carboxylic acids is 1. The molecule has 6 heteroatoms. The topological polar surface area (TPSA) is 79.7 Å². The van der Waals surface area contributed by atoms with Crippen molar-refractivity contribution in [1.29, 1.82) is 0 Å². The van der Waals surface area contributed by atoms with E-state index in [1.807, 2.05) is 14.0 Å². The van der Waals surface area contributed by atoms with Crippen LogP contribution in [0.3, 0.4) is 0 Å². The standard InChI is InChI=1S/C18H24N2O4/c1-3-24-15-10-14(18(15)8-4-5-9-18)20(2)16(21)12-6-7-13(17(22)23)19-11-12/h6-7,11,14-15H,3-5,8-10H2,1-2H3,(H,22,23). The Bertz CT molecular complexity index is 622. The van der Waals surface area contributed by atoms with E-state index in [2.05, 4.69) is 4.98 Å². The Balaban J connectivity index is 1.75. The smallest absolute Gasteiger partial charge is 0.354 e. The lowest BCUT2D eigenvalue weighted by atomic mass is 9.60. The summed E-state index contributed by atoms with van der Waals surface area (Å²) in [5.74, 6) is -1.20. The first-order chi connectivity index (χ1) is 11.5.